The number of carboxylic acids is 1. The number of amides is 8. The molecule has 1 unspecified atom stereocenters. The monoisotopic (exact) mass is 1330 g/mol. The van der Waals surface area contributed by atoms with Gasteiger partial charge >= 0.3 is 5.97 Å². The first kappa shape index (κ1) is 84.2. The fourth-order valence-corrected chi connectivity index (χ4v) is 12.9. The zero-order valence-electron chi connectivity index (χ0n) is 61.9. The number of hydrogen-bond acceptors (Lipinski definition) is 13. The summed E-state index contributed by atoms with van der Waals surface area (Å²) in [6.07, 6.45) is 1.76. The van der Waals surface area contributed by atoms with Gasteiger partial charge in [0.1, 0.15) is 36.3 Å². The van der Waals surface area contributed by atoms with Gasteiger partial charge in [-0.1, -0.05) is 128 Å². The molecule has 0 spiro atoms. The summed E-state index contributed by atoms with van der Waals surface area (Å²) in [6, 6.07) is -4.10. The Morgan fingerprint density at radius 3 is 1.36 bits per heavy atom. The van der Waals surface area contributed by atoms with Crippen molar-refractivity contribution in [2.24, 2.45) is 59.2 Å². The first-order valence-electron chi connectivity index (χ1n) is 34.4. The van der Waals surface area contributed by atoms with Gasteiger partial charge < -0.3 is 49.8 Å². The fraction of sp³-hybridized carbons (Fsp3) is 0.726. The number of aromatic carboxylic acids is 1. The highest BCUT2D eigenvalue weighted by atomic mass is 16.4. The normalized spacial score (nSPS) is 26.3. The van der Waals surface area contributed by atoms with Crippen LogP contribution in [0.15, 0.2) is 36.4 Å². The molecule has 1 aliphatic heterocycles. The number of carbonyl (C=O) groups is 12. The van der Waals surface area contributed by atoms with Gasteiger partial charge in [0.25, 0.3) is 0 Å². The molecule has 0 bridgehead atoms. The van der Waals surface area contributed by atoms with Crippen molar-refractivity contribution in [3.05, 3.63) is 47.5 Å². The van der Waals surface area contributed by atoms with E-state index in [0.29, 0.717) is 12.0 Å². The van der Waals surface area contributed by atoms with E-state index < -0.39 is 167 Å². The fourth-order valence-electron chi connectivity index (χ4n) is 12.9. The minimum absolute atomic E-state index is 0.0253. The van der Waals surface area contributed by atoms with Crippen molar-refractivity contribution in [1.82, 2.24) is 39.6 Å². The van der Waals surface area contributed by atoms with Gasteiger partial charge in [0, 0.05) is 92.8 Å². The topological polar surface area (TPSA) is 280 Å². The minimum atomic E-state index is -1.57. The molecule has 0 aromatic heterocycles. The average molecular weight is 1330 g/mol. The van der Waals surface area contributed by atoms with Crippen LogP contribution in [0.1, 0.15) is 191 Å². The van der Waals surface area contributed by atoms with Crippen LogP contribution in [0.5, 0.6) is 0 Å². The van der Waals surface area contributed by atoms with Gasteiger partial charge in [-0.2, -0.15) is 0 Å². The molecule has 2 rings (SSSR count). The molecule has 22 heteroatoms. The van der Waals surface area contributed by atoms with Crippen LogP contribution in [0.3, 0.4) is 0 Å². The average Bonchev–Trinajstić information content (AvgIpc) is 0.810. The van der Waals surface area contributed by atoms with E-state index >= 15 is 33.6 Å². The van der Waals surface area contributed by atoms with Crippen LogP contribution >= 0.6 is 0 Å². The van der Waals surface area contributed by atoms with Crippen LogP contribution in [-0.2, 0) is 59.2 Å². The van der Waals surface area contributed by atoms with E-state index in [1.54, 1.807) is 61.5 Å². The molecule has 3 N–H and O–H groups in total. The van der Waals surface area contributed by atoms with Crippen molar-refractivity contribution in [2.45, 2.75) is 236 Å². The van der Waals surface area contributed by atoms with Crippen molar-refractivity contribution in [1.29, 1.82) is 0 Å². The number of hydrogen-bond donors (Lipinski definition) is 3. The molecule has 0 aliphatic carbocycles. The Morgan fingerprint density at radius 1 is 0.505 bits per heavy atom. The van der Waals surface area contributed by atoms with E-state index in [2.05, 4.69) is 5.32 Å². The summed E-state index contributed by atoms with van der Waals surface area (Å²) < 4.78 is 0. The van der Waals surface area contributed by atoms with Gasteiger partial charge in [0.05, 0.1) is 23.8 Å². The lowest BCUT2D eigenvalue weighted by Gasteiger charge is -2.41. The standard InChI is InChI=1S/C73H120N8O14/c1-25-27-28-47(15)64(85)63-61(84)39-51(26-2)67(88)78(21)58(38-50-29-31-52(32-30-50)73(94)95)70(91)76(19)55(34-42(5)6)60(83)40-53(45(11)12)68(89)75(18)54(33-41(3)4)59(82)37-48(16)65(86)74-49(17)66(87)77(20)56(35-43(7)8)69(90)79(22)57(36-44(9)10)71(92)80(23)62(46(13)14)72(93)81(63)24/h25,27,29-32,41-49,51,53-58,62-64,85H,26,28,33-40H2,1-24H3,(H,74,86)(H,94,95)/b27-25+/t47-,48-,49-,51-,53+,54+,55+,56+,57+,58?,62+,63-,64-/m1/s1. The maximum Gasteiger partial charge on any atom is 0.335 e. The first-order valence-corrected chi connectivity index (χ1v) is 34.4. The SMILES string of the molecule is C/C=C/C[C@@H](C)[C@@H](O)[C@H]1C(=O)C[C@@H](CC)C(=O)N(C)C(Cc2ccc(C(=O)O)cc2)C(=O)N(C)[C@@H](CC(C)C)C(=O)C[C@@H](C(C)C)C(=O)N(C)[C@@H](CC(C)C)C(=O)C[C@@H](C)C(=O)N[C@H](C)C(=O)N(C)[C@@H](CC(C)C)C(=O)N(C)[C@@H](CC(C)C)C(=O)N(C)[C@@H](C(C)C)C(=O)N1C. The predicted octanol–water partition coefficient (Wildman–Crippen LogP) is 7.85. The molecule has 1 heterocycles. The van der Waals surface area contributed by atoms with Gasteiger partial charge in [-0.15, -0.1) is 0 Å². The molecule has 1 fully saturated rings. The number of carbonyl (C=O) groups excluding carboxylic acids is 11. The Kier molecular flexibility index (Phi) is 33.9. The number of allylic oxidation sites excluding steroid dienone is 2. The van der Waals surface area contributed by atoms with Gasteiger partial charge in [-0.05, 0) is 111 Å². The van der Waals surface area contributed by atoms with Gasteiger partial charge in [-0.25, -0.2) is 4.79 Å². The molecule has 95 heavy (non-hydrogen) atoms. The molecule has 1 aromatic rings. The molecule has 1 aromatic carbocycles. The van der Waals surface area contributed by atoms with E-state index in [-0.39, 0.29) is 80.6 Å². The Labute approximate surface area is 568 Å². The van der Waals surface area contributed by atoms with Crippen molar-refractivity contribution in [2.75, 3.05) is 49.3 Å². The highest BCUT2D eigenvalue weighted by Crippen LogP contribution is 2.30. The summed E-state index contributed by atoms with van der Waals surface area (Å²) in [5, 5.41) is 24.9. The largest absolute Gasteiger partial charge is 0.478 e. The lowest BCUT2D eigenvalue weighted by atomic mass is 9.84. The molecule has 13 atom stereocenters. The van der Waals surface area contributed by atoms with Gasteiger partial charge in [0.15, 0.2) is 17.3 Å². The van der Waals surface area contributed by atoms with E-state index in [9.17, 15) is 34.2 Å². The minimum Gasteiger partial charge on any atom is -0.478 e. The van der Waals surface area contributed by atoms with Crippen LogP contribution in [-0.4, -0.2) is 219 Å². The molecular formula is C73H120N8O14. The van der Waals surface area contributed by atoms with Crippen molar-refractivity contribution >= 4 is 70.6 Å². The highest BCUT2D eigenvalue weighted by Gasteiger charge is 2.46. The Balaban J connectivity index is 3.17. The second kappa shape index (κ2) is 38.2. The molecule has 0 saturated carbocycles. The molecule has 1 aliphatic rings. The molecular weight excluding hydrogens is 1210 g/mol. The number of nitrogens with one attached hydrogen (secondary N) is 1. The predicted molar refractivity (Wildman–Crippen MR) is 368 cm³/mol. The Morgan fingerprint density at radius 2 is 0.916 bits per heavy atom. The molecule has 1 saturated heterocycles. The van der Waals surface area contributed by atoms with Crippen LogP contribution < -0.4 is 5.32 Å². The summed E-state index contributed by atoms with van der Waals surface area (Å²) in [5.41, 5.74) is 0.440. The number of aliphatic hydroxyl groups excluding tert-OH is 1. The summed E-state index contributed by atoms with van der Waals surface area (Å²) in [7, 11) is 10.1. The number of ketones is 3. The lowest BCUT2D eigenvalue weighted by Crippen LogP contribution is -2.61. The highest BCUT2D eigenvalue weighted by molar-refractivity contribution is 6.00. The zero-order chi connectivity index (χ0) is 73.1. The summed E-state index contributed by atoms with van der Waals surface area (Å²) >= 11 is 0. The second-order valence-corrected chi connectivity index (χ2v) is 29.5. The molecule has 22 nitrogen and oxygen atoms in total. The second-order valence-electron chi connectivity index (χ2n) is 29.5. The van der Waals surface area contributed by atoms with Crippen LogP contribution in [0, 0.1) is 59.2 Å². The number of rotatable bonds is 18. The van der Waals surface area contributed by atoms with Gasteiger partial charge in [0.2, 0.25) is 47.3 Å². The maximum atomic E-state index is 15.5. The number of carboxylic acid groups (broad SMARTS) is 1. The van der Waals surface area contributed by atoms with E-state index in [1.807, 2.05) is 61.5 Å². The Bertz CT molecular complexity index is 2830. The maximum absolute atomic E-state index is 15.5. The van der Waals surface area contributed by atoms with Crippen LogP contribution in [0.4, 0.5) is 0 Å². The van der Waals surface area contributed by atoms with Crippen molar-refractivity contribution < 1.29 is 67.7 Å². The number of Topliss-reactive ketones (excluding diaryl/α,β-unsaturated/α-hetero) is 3. The van der Waals surface area contributed by atoms with Crippen molar-refractivity contribution in [3.63, 3.8) is 0 Å². The summed E-state index contributed by atoms with van der Waals surface area (Å²) in [6.45, 7) is 30.3. The van der Waals surface area contributed by atoms with E-state index in [1.165, 1.54) is 110 Å². The van der Waals surface area contributed by atoms with Crippen molar-refractivity contribution in [3.8, 4) is 0 Å². The zero-order valence-corrected chi connectivity index (χ0v) is 61.9. The van der Waals surface area contributed by atoms with E-state index in [4.69, 9.17) is 0 Å². The van der Waals surface area contributed by atoms with Crippen LogP contribution in [0.2, 0.25) is 0 Å². The number of nitrogens with zero attached hydrogens (tertiary/aromatic N) is 7. The van der Waals surface area contributed by atoms with Gasteiger partial charge in [-0.3, -0.25) is 52.7 Å². The summed E-state index contributed by atoms with van der Waals surface area (Å²) in [5.74, 6) is -13.1. The van der Waals surface area contributed by atoms with Crippen LogP contribution in [0.25, 0.3) is 0 Å². The molecule has 536 valence electrons. The third-order valence-corrected chi connectivity index (χ3v) is 19.0. The first-order chi connectivity index (χ1) is 44.0. The molecule has 8 amide bonds. The number of likely N-dealkylation sites (N-methyl/N-ethyl adjacent to an activating group) is 7. The molecule has 0 radical (unpaired) electrons. The smallest absolute Gasteiger partial charge is 0.335 e. The Hall–Kier alpha value is -6.84. The summed E-state index contributed by atoms with van der Waals surface area (Å²) in [4.78, 5) is 186. The number of aliphatic hydroxyl groups is 1. The lowest BCUT2D eigenvalue weighted by molar-refractivity contribution is -0.157. The quantitative estimate of drug-likeness (QED) is 0.118. The van der Waals surface area contributed by atoms with E-state index in [0.717, 1.165) is 4.90 Å². The third kappa shape index (κ3) is 23.2. The number of benzene rings is 1. The third-order valence-electron chi connectivity index (χ3n) is 19.0.